The van der Waals surface area contributed by atoms with E-state index in [1.165, 1.54) is 16.7 Å². The third-order valence-corrected chi connectivity index (χ3v) is 4.69. The second-order valence-electron chi connectivity index (χ2n) is 4.00. The fourth-order valence-electron chi connectivity index (χ4n) is 1.92. The first-order valence-electron chi connectivity index (χ1n) is 5.59. The molecule has 17 heavy (non-hydrogen) atoms. The van der Waals surface area contributed by atoms with Crippen LogP contribution in [0.1, 0.15) is 12.8 Å². The van der Waals surface area contributed by atoms with Crippen LogP contribution < -0.4 is 5.32 Å². The molecule has 0 unspecified atom stereocenters. The van der Waals surface area contributed by atoms with E-state index in [0.29, 0.717) is 19.1 Å². The summed E-state index contributed by atoms with van der Waals surface area (Å²) in [6.45, 7) is 1.04. The molecule has 0 amide bonds. The quantitative estimate of drug-likeness (QED) is 0.761. The summed E-state index contributed by atoms with van der Waals surface area (Å²) in [4.78, 5) is 7.62. The number of hydrogen-bond donors (Lipinski definition) is 1. The highest BCUT2D eigenvalue weighted by Gasteiger charge is 2.30. The van der Waals surface area contributed by atoms with E-state index in [9.17, 15) is 8.42 Å². The molecule has 7 heteroatoms. The Morgan fingerprint density at radius 1 is 1.29 bits per heavy atom. The molecular weight excluding hydrogens is 240 g/mol. The second kappa shape index (κ2) is 5.07. The number of sulfonamides is 1. The molecule has 1 aromatic heterocycles. The number of nitrogens with one attached hydrogen (secondary N) is 1. The summed E-state index contributed by atoms with van der Waals surface area (Å²) < 4.78 is 25.8. The van der Waals surface area contributed by atoms with Crippen LogP contribution in [-0.2, 0) is 10.0 Å². The lowest BCUT2D eigenvalue weighted by Gasteiger charge is -2.30. The molecule has 0 aromatic carbocycles. The molecule has 0 atom stereocenters. The van der Waals surface area contributed by atoms with Gasteiger partial charge in [0.15, 0.2) is 0 Å². The van der Waals surface area contributed by atoms with Crippen LogP contribution in [0.4, 0.5) is 0 Å². The minimum Gasteiger partial charge on any atom is -0.317 e. The molecule has 0 bridgehead atoms. The zero-order chi connectivity index (χ0) is 12.3. The molecule has 0 saturated carbocycles. The van der Waals surface area contributed by atoms with Gasteiger partial charge in [-0.05, 0) is 26.0 Å². The Bertz CT molecular complexity index is 454. The zero-order valence-electron chi connectivity index (χ0n) is 9.70. The Balaban J connectivity index is 2.13. The van der Waals surface area contributed by atoms with E-state index in [4.69, 9.17) is 0 Å². The third kappa shape index (κ3) is 2.62. The van der Waals surface area contributed by atoms with Crippen molar-refractivity contribution in [1.82, 2.24) is 19.6 Å². The van der Waals surface area contributed by atoms with Gasteiger partial charge in [-0.25, -0.2) is 18.4 Å². The van der Waals surface area contributed by atoms with Gasteiger partial charge in [0.05, 0.1) is 0 Å². The maximum absolute atomic E-state index is 12.2. The molecule has 1 aliphatic rings. The monoisotopic (exact) mass is 256 g/mol. The van der Waals surface area contributed by atoms with Gasteiger partial charge in [0.1, 0.15) is 0 Å². The SMILES string of the molecule is CNC1CCN(S(=O)(=O)c2ncccn2)CC1. The van der Waals surface area contributed by atoms with Crippen LogP contribution in [-0.4, -0.2) is 48.9 Å². The van der Waals surface area contributed by atoms with Crippen molar-refractivity contribution in [2.24, 2.45) is 0 Å². The molecule has 0 radical (unpaired) electrons. The average molecular weight is 256 g/mol. The molecule has 94 valence electrons. The van der Waals surface area contributed by atoms with Crippen LogP contribution in [0, 0.1) is 0 Å². The fourth-order valence-corrected chi connectivity index (χ4v) is 3.23. The summed E-state index contributed by atoms with van der Waals surface area (Å²) in [5, 5.41) is 3.05. The molecular formula is C10H16N4O2S. The van der Waals surface area contributed by atoms with E-state index in [0.717, 1.165) is 12.8 Å². The Kier molecular flexibility index (Phi) is 3.70. The summed E-state index contributed by atoms with van der Waals surface area (Å²) >= 11 is 0. The van der Waals surface area contributed by atoms with Crippen molar-refractivity contribution >= 4 is 10.0 Å². The molecule has 1 N–H and O–H groups in total. The van der Waals surface area contributed by atoms with Crippen molar-refractivity contribution in [3.63, 3.8) is 0 Å². The fraction of sp³-hybridized carbons (Fsp3) is 0.600. The highest BCUT2D eigenvalue weighted by molar-refractivity contribution is 7.88. The van der Waals surface area contributed by atoms with Gasteiger partial charge < -0.3 is 5.32 Å². The van der Waals surface area contributed by atoms with E-state index in [1.807, 2.05) is 7.05 Å². The van der Waals surface area contributed by atoms with Crippen molar-refractivity contribution in [3.05, 3.63) is 18.5 Å². The predicted octanol–water partition coefficient (Wildman–Crippen LogP) is -0.151. The maximum atomic E-state index is 12.2. The first-order chi connectivity index (χ1) is 8.14. The van der Waals surface area contributed by atoms with Crippen molar-refractivity contribution in [1.29, 1.82) is 0 Å². The Morgan fingerprint density at radius 2 is 1.88 bits per heavy atom. The standard InChI is InChI=1S/C10H16N4O2S/c1-11-9-3-7-14(8-4-9)17(15,16)10-12-5-2-6-13-10/h2,5-6,9,11H,3-4,7-8H2,1H3. The van der Waals surface area contributed by atoms with E-state index < -0.39 is 10.0 Å². The third-order valence-electron chi connectivity index (χ3n) is 2.97. The number of piperidine rings is 1. The van der Waals surface area contributed by atoms with Gasteiger partial charge in [-0.1, -0.05) is 0 Å². The number of rotatable bonds is 3. The van der Waals surface area contributed by atoms with Gasteiger partial charge in [0, 0.05) is 31.5 Å². The molecule has 1 saturated heterocycles. The van der Waals surface area contributed by atoms with Crippen molar-refractivity contribution in [3.8, 4) is 0 Å². The van der Waals surface area contributed by atoms with E-state index in [1.54, 1.807) is 6.07 Å². The van der Waals surface area contributed by atoms with Gasteiger partial charge in [0.2, 0.25) is 0 Å². The van der Waals surface area contributed by atoms with Crippen molar-refractivity contribution in [2.45, 2.75) is 24.0 Å². The second-order valence-corrected chi connectivity index (χ2v) is 5.83. The molecule has 2 rings (SSSR count). The molecule has 1 aromatic rings. The van der Waals surface area contributed by atoms with Crippen molar-refractivity contribution in [2.75, 3.05) is 20.1 Å². The summed E-state index contributed by atoms with van der Waals surface area (Å²) in [6.07, 6.45) is 4.53. The van der Waals surface area contributed by atoms with E-state index in [2.05, 4.69) is 15.3 Å². The topological polar surface area (TPSA) is 75.2 Å². The lowest BCUT2D eigenvalue weighted by Crippen LogP contribution is -2.44. The van der Waals surface area contributed by atoms with Gasteiger partial charge in [0.25, 0.3) is 15.2 Å². The van der Waals surface area contributed by atoms with Gasteiger partial charge in [-0.2, -0.15) is 4.31 Å². The molecule has 1 aliphatic heterocycles. The first kappa shape index (κ1) is 12.4. The minimum atomic E-state index is -3.51. The van der Waals surface area contributed by atoms with Crippen LogP contribution >= 0.6 is 0 Å². The predicted molar refractivity (Wildman–Crippen MR) is 62.9 cm³/mol. The Labute approximate surface area is 101 Å². The van der Waals surface area contributed by atoms with Crippen LogP contribution in [0.15, 0.2) is 23.6 Å². The van der Waals surface area contributed by atoms with Crippen LogP contribution in [0.2, 0.25) is 0 Å². The normalized spacial score (nSPS) is 19.4. The number of aromatic nitrogens is 2. The van der Waals surface area contributed by atoms with E-state index in [-0.39, 0.29) is 5.16 Å². The Morgan fingerprint density at radius 3 is 2.41 bits per heavy atom. The minimum absolute atomic E-state index is 0.108. The highest BCUT2D eigenvalue weighted by Crippen LogP contribution is 2.17. The average Bonchev–Trinajstić information content (AvgIpc) is 2.40. The van der Waals surface area contributed by atoms with Crippen molar-refractivity contribution < 1.29 is 8.42 Å². The van der Waals surface area contributed by atoms with Gasteiger partial charge in [-0.3, -0.25) is 0 Å². The summed E-state index contributed by atoms with van der Waals surface area (Å²) in [7, 11) is -1.61. The summed E-state index contributed by atoms with van der Waals surface area (Å²) in [5.74, 6) is 0. The van der Waals surface area contributed by atoms with E-state index >= 15 is 0 Å². The molecule has 1 fully saturated rings. The number of hydrogen-bond acceptors (Lipinski definition) is 5. The zero-order valence-corrected chi connectivity index (χ0v) is 10.5. The molecule has 0 spiro atoms. The smallest absolute Gasteiger partial charge is 0.278 e. The lowest BCUT2D eigenvalue weighted by molar-refractivity contribution is 0.297. The van der Waals surface area contributed by atoms with Gasteiger partial charge in [-0.15, -0.1) is 0 Å². The maximum Gasteiger partial charge on any atom is 0.278 e. The summed E-state index contributed by atoms with van der Waals surface area (Å²) in [5.41, 5.74) is 0. The molecule has 0 aliphatic carbocycles. The largest absolute Gasteiger partial charge is 0.317 e. The summed E-state index contributed by atoms with van der Waals surface area (Å²) in [6, 6.07) is 2.00. The molecule has 6 nitrogen and oxygen atoms in total. The first-order valence-corrected chi connectivity index (χ1v) is 7.03. The lowest BCUT2D eigenvalue weighted by atomic mass is 10.1. The number of nitrogens with zero attached hydrogens (tertiary/aromatic N) is 3. The van der Waals surface area contributed by atoms with Crippen LogP contribution in [0.5, 0.6) is 0 Å². The molecule has 2 heterocycles. The highest BCUT2D eigenvalue weighted by atomic mass is 32.2. The van der Waals surface area contributed by atoms with Crippen LogP contribution in [0.3, 0.4) is 0 Å². The van der Waals surface area contributed by atoms with Gasteiger partial charge >= 0.3 is 0 Å². The Hall–Kier alpha value is -1.05. The van der Waals surface area contributed by atoms with Crippen LogP contribution in [0.25, 0.3) is 0 Å².